The highest BCUT2D eigenvalue weighted by atomic mass is 16.5. The van der Waals surface area contributed by atoms with Gasteiger partial charge in [0.25, 0.3) is 0 Å². The molecule has 0 spiro atoms. The SMILES string of the molecule is COC1=CCC(C)(C(=O)NN=C2C(=O)c3c(C)cc(C)cc3CC2(C)C)C=C1. The number of aryl methyl sites for hydroxylation is 2. The number of hydrogen-bond acceptors (Lipinski definition) is 4. The second kappa shape index (κ2) is 7.04. The van der Waals surface area contributed by atoms with Crippen LogP contribution in [0.3, 0.4) is 0 Å². The molecule has 0 aliphatic heterocycles. The molecule has 148 valence electrons. The smallest absolute Gasteiger partial charge is 0.250 e. The van der Waals surface area contributed by atoms with E-state index in [1.165, 1.54) is 0 Å². The van der Waals surface area contributed by atoms with E-state index in [0.29, 0.717) is 18.6 Å². The van der Waals surface area contributed by atoms with Crippen molar-refractivity contribution < 1.29 is 14.3 Å². The lowest BCUT2D eigenvalue weighted by Gasteiger charge is -2.33. The fourth-order valence-corrected chi connectivity index (χ4v) is 3.98. The average Bonchev–Trinajstić information content (AvgIpc) is 2.60. The topological polar surface area (TPSA) is 67.8 Å². The second-order valence-corrected chi connectivity index (χ2v) is 8.67. The lowest BCUT2D eigenvalue weighted by Crippen LogP contribution is -2.43. The number of carbonyl (C=O) groups is 2. The minimum Gasteiger partial charge on any atom is -0.497 e. The van der Waals surface area contributed by atoms with E-state index in [0.717, 1.165) is 28.0 Å². The third-order valence-corrected chi connectivity index (χ3v) is 5.64. The molecule has 1 aromatic carbocycles. The molecule has 2 aliphatic rings. The number of benzene rings is 1. The standard InChI is InChI=1S/C23H28N2O3/c1-14-11-15(2)18-16(12-14)13-22(3,4)20(19(18)26)24-25-21(27)23(5)9-7-17(28-6)8-10-23/h7-9,11-12H,10,13H2,1-6H3,(H,25,27). The Morgan fingerprint density at radius 1 is 1.21 bits per heavy atom. The molecule has 5 heteroatoms. The first-order valence-electron chi connectivity index (χ1n) is 9.54. The highest BCUT2D eigenvalue weighted by molar-refractivity contribution is 6.49. The van der Waals surface area contributed by atoms with Crippen molar-refractivity contribution >= 4 is 17.4 Å². The molecule has 1 amide bonds. The van der Waals surface area contributed by atoms with Gasteiger partial charge in [0, 0.05) is 11.0 Å². The van der Waals surface area contributed by atoms with Crippen LogP contribution < -0.4 is 5.43 Å². The fraction of sp³-hybridized carbons (Fsp3) is 0.435. The molecule has 0 fully saturated rings. The summed E-state index contributed by atoms with van der Waals surface area (Å²) in [5.74, 6) is 0.398. The number of allylic oxidation sites excluding steroid dienone is 2. The molecule has 28 heavy (non-hydrogen) atoms. The van der Waals surface area contributed by atoms with Crippen molar-refractivity contribution in [2.75, 3.05) is 7.11 Å². The highest BCUT2D eigenvalue weighted by Gasteiger charge is 2.39. The predicted molar refractivity (Wildman–Crippen MR) is 110 cm³/mol. The molecule has 1 unspecified atom stereocenters. The second-order valence-electron chi connectivity index (χ2n) is 8.67. The number of ketones is 1. The summed E-state index contributed by atoms with van der Waals surface area (Å²) >= 11 is 0. The minimum absolute atomic E-state index is 0.102. The Kier molecular flexibility index (Phi) is 5.04. The maximum Gasteiger partial charge on any atom is 0.250 e. The van der Waals surface area contributed by atoms with Gasteiger partial charge in [-0.1, -0.05) is 37.6 Å². The molecule has 0 bridgehead atoms. The van der Waals surface area contributed by atoms with E-state index in [4.69, 9.17) is 4.74 Å². The third kappa shape index (κ3) is 3.53. The van der Waals surface area contributed by atoms with E-state index in [1.807, 2.05) is 52.8 Å². The van der Waals surface area contributed by atoms with Gasteiger partial charge in [-0.15, -0.1) is 0 Å². The monoisotopic (exact) mass is 380 g/mol. The maximum absolute atomic E-state index is 13.2. The molecule has 0 saturated carbocycles. The number of amides is 1. The van der Waals surface area contributed by atoms with Crippen molar-refractivity contribution in [3.63, 3.8) is 0 Å². The van der Waals surface area contributed by atoms with Gasteiger partial charge in [0.15, 0.2) is 0 Å². The van der Waals surface area contributed by atoms with Crippen LogP contribution in [0.4, 0.5) is 0 Å². The van der Waals surface area contributed by atoms with Crippen molar-refractivity contribution in [1.82, 2.24) is 5.43 Å². The molecule has 3 rings (SSSR count). The van der Waals surface area contributed by atoms with Gasteiger partial charge in [0.05, 0.1) is 12.5 Å². The van der Waals surface area contributed by atoms with E-state index >= 15 is 0 Å². The van der Waals surface area contributed by atoms with E-state index < -0.39 is 10.8 Å². The first-order valence-corrected chi connectivity index (χ1v) is 9.54. The van der Waals surface area contributed by atoms with Gasteiger partial charge >= 0.3 is 0 Å². The van der Waals surface area contributed by atoms with Gasteiger partial charge in [0.2, 0.25) is 11.7 Å². The van der Waals surface area contributed by atoms with Crippen molar-refractivity contribution in [3.8, 4) is 0 Å². The Hall–Kier alpha value is -2.69. The summed E-state index contributed by atoms with van der Waals surface area (Å²) in [4.78, 5) is 26.0. The zero-order valence-electron chi connectivity index (χ0n) is 17.5. The lowest BCUT2D eigenvalue weighted by atomic mass is 9.71. The van der Waals surface area contributed by atoms with Gasteiger partial charge in [-0.3, -0.25) is 9.59 Å². The van der Waals surface area contributed by atoms with Crippen LogP contribution in [-0.2, 0) is 16.0 Å². The summed E-state index contributed by atoms with van der Waals surface area (Å²) in [5, 5.41) is 4.32. The van der Waals surface area contributed by atoms with Gasteiger partial charge in [-0.2, -0.15) is 5.10 Å². The van der Waals surface area contributed by atoms with E-state index in [1.54, 1.807) is 13.2 Å². The van der Waals surface area contributed by atoms with Crippen molar-refractivity contribution in [2.45, 2.75) is 47.5 Å². The van der Waals surface area contributed by atoms with E-state index in [-0.39, 0.29) is 11.7 Å². The molecule has 1 aromatic rings. The Labute approximate surface area is 166 Å². The van der Waals surface area contributed by atoms with Crippen LogP contribution in [0.15, 0.2) is 41.2 Å². The number of rotatable bonds is 3. The summed E-state index contributed by atoms with van der Waals surface area (Å²) in [7, 11) is 1.60. The number of ether oxygens (including phenoxy) is 1. The molecule has 1 N–H and O–H groups in total. The highest BCUT2D eigenvalue weighted by Crippen LogP contribution is 2.35. The number of nitrogens with zero attached hydrogens (tertiary/aromatic N) is 1. The number of methoxy groups -OCH3 is 1. The zero-order valence-corrected chi connectivity index (χ0v) is 17.5. The van der Waals surface area contributed by atoms with Crippen molar-refractivity contribution in [3.05, 3.63) is 58.4 Å². The summed E-state index contributed by atoms with van der Waals surface area (Å²) < 4.78 is 5.18. The van der Waals surface area contributed by atoms with E-state index in [9.17, 15) is 9.59 Å². The molecule has 0 heterocycles. The molecule has 0 radical (unpaired) electrons. The Morgan fingerprint density at radius 2 is 1.93 bits per heavy atom. The minimum atomic E-state index is -0.723. The van der Waals surface area contributed by atoms with Crippen LogP contribution in [-0.4, -0.2) is 24.5 Å². The average molecular weight is 380 g/mol. The molecule has 0 saturated heterocycles. The third-order valence-electron chi connectivity index (χ3n) is 5.64. The van der Waals surface area contributed by atoms with Crippen LogP contribution in [0.1, 0.15) is 54.2 Å². The Bertz CT molecular complexity index is 937. The normalized spacial score (nSPS) is 24.6. The number of fused-ring (bicyclic) bond motifs is 1. The van der Waals surface area contributed by atoms with Gasteiger partial charge in [-0.25, -0.2) is 5.43 Å². The quantitative estimate of drug-likeness (QED) is 0.805. The predicted octanol–water partition coefficient (Wildman–Crippen LogP) is 4.04. The number of Topliss-reactive ketones (excluding diaryl/α,β-unsaturated/α-hetero) is 1. The lowest BCUT2D eigenvalue weighted by molar-refractivity contribution is -0.127. The molecule has 2 aliphatic carbocycles. The van der Waals surface area contributed by atoms with Gasteiger partial charge < -0.3 is 4.74 Å². The van der Waals surface area contributed by atoms with Crippen LogP contribution in [0.5, 0.6) is 0 Å². The first-order chi connectivity index (χ1) is 13.1. The molecule has 5 nitrogen and oxygen atoms in total. The summed E-state index contributed by atoms with van der Waals surface area (Å²) in [6.45, 7) is 9.82. The van der Waals surface area contributed by atoms with Gasteiger partial charge in [-0.05, 0) is 56.9 Å². The van der Waals surface area contributed by atoms with Crippen LogP contribution in [0.25, 0.3) is 0 Å². The molecular formula is C23H28N2O3. The largest absolute Gasteiger partial charge is 0.497 e. The Balaban J connectivity index is 1.87. The zero-order chi connectivity index (χ0) is 20.7. The molecular weight excluding hydrogens is 352 g/mol. The number of carbonyl (C=O) groups excluding carboxylic acids is 2. The van der Waals surface area contributed by atoms with Crippen molar-refractivity contribution in [1.29, 1.82) is 0 Å². The first kappa shape index (κ1) is 20.1. The summed E-state index contributed by atoms with van der Waals surface area (Å²) in [6, 6.07) is 4.09. The summed E-state index contributed by atoms with van der Waals surface area (Å²) in [5.41, 5.74) is 5.74. The molecule has 0 aromatic heterocycles. The molecule has 1 atom stereocenters. The van der Waals surface area contributed by atoms with Gasteiger partial charge in [0.1, 0.15) is 11.5 Å². The van der Waals surface area contributed by atoms with Crippen LogP contribution in [0.2, 0.25) is 0 Å². The number of hydrogen-bond donors (Lipinski definition) is 1. The van der Waals surface area contributed by atoms with Crippen LogP contribution >= 0.6 is 0 Å². The van der Waals surface area contributed by atoms with Crippen LogP contribution in [0, 0.1) is 24.7 Å². The summed E-state index contributed by atoms with van der Waals surface area (Å²) in [6.07, 6.45) is 6.71. The number of nitrogens with one attached hydrogen (secondary N) is 1. The fourth-order valence-electron chi connectivity index (χ4n) is 3.98. The maximum atomic E-state index is 13.2. The number of hydrazone groups is 1. The Morgan fingerprint density at radius 3 is 2.54 bits per heavy atom. The van der Waals surface area contributed by atoms with Crippen molar-refractivity contribution in [2.24, 2.45) is 15.9 Å². The van der Waals surface area contributed by atoms with E-state index in [2.05, 4.69) is 16.6 Å².